The van der Waals surface area contributed by atoms with Crippen LogP contribution in [0.3, 0.4) is 0 Å². The molecule has 0 spiro atoms. The van der Waals surface area contributed by atoms with Gasteiger partial charge >= 0.3 is 0 Å². The van der Waals surface area contributed by atoms with Crippen LogP contribution >= 0.6 is 0 Å². The Kier molecular flexibility index (Phi) is 4.68. The molecule has 0 unspecified atom stereocenters. The molecule has 2 nitrogen and oxygen atoms in total. The Labute approximate surface area is 132 Å². The first-order valence-electron chi connectivity index (χ1n) is 7.21. The number of methoxy groups -OCH3 is 1. The number of Topliss-reactive ketones (excluding diaryl/α,β-unsaturated/α-hetero) is 1. The average molecular weight is 292 g/mol. The molecule has 0 bridgehead atoms. The maximum absolute atomic E-state index is 12.1. The van der Waals surface area contributed by atoms with E-state index in [9.17, 15) is 4.79 Å². The van der Waals surface area contributed by atoms with Gasteiger partial charge in [0.1, 0.15) is 5.75 Å². The average Bonchev–Trinajstić information content (AvgIpc) is 2.52. The van der Waals surface area contributed by atoms with E-state index in [4.69, 9.17) is 4.74 Å². The van der Waals surface area contributed by atoms with Crippen molar-refractivity contribution in [1.29, 1.82) is 0 Å². The highest BCUT2D eigenvalue weighted by molar-refractivity contribution is 6.09. The molecule has 22 heavy (non-hydrogen) atoms. The van der Waals surface area contributed by atoms with E-state index in [1.54, 1.807) is 7.11 Å². The molecule has 0 amide bonds. The van der Waals surface area contributed by atoms with Crippen LogP contribution in [-0.4, -0.2) is 12.9 Å². The molecule has 2 aromatic carbocycles. The van der Waals surface area contributed by atoms with E-state index in [-0.39, 0.29) is 11.2 Å². The van der Waals surface area contributed by atoms with Gasteiger partial charge in [0.15, 0.2) is 0 Å². The molecule has 112 valence electrons. The second-order valence-electron chi connectivity index (χ2n) is 6.13. The molecule has 0 aromatic heterocycles. The van der Waals surface area contributed by atoms with Crippen molar-refractivity contribution in [3.8, 4) is 17.6 Å². The number of carbonyl (C=O) groups is 1. The normalized spacial score (nSPS) is 10.5. The van der Waals surface area contributed by atoms with E-state index in [0.717, 1.165) is 11.3 Å². The molecule has 0 radical (unpaired) electrons. The second kappa shape index (κ2) is 6.49. The zero-order valence-electron chi connectivity index (χ0n) is 13.4. The molecule has 0 saturated carbocycles. The van der Waals surface area contributed by atoms with Gasteiger partial charge in [-0.15, -0.1) is 0 Å². The number of hydrogen-bond acceptors (Lipinski definition) is 2. The summed E-state index contributed by atoms with van der Waals surface area (Å²) in [7, 11) is 1.62. The van der Waals surface area contributed by atoms with Crippen LogP contribution in [0.2, 0.25) is 0 Å². The lowest BCUT2D eigenvalue weighted by Gasteiger charge is -2.18. The largest absolute Gasteiger partial charge is 0.497 e. The first-order chi connectivity index (χ1) is 10.4. The van der Waals surface area contributed by atoms with Crippen LogP contribution in [0.5, 0.6) is 5.75 Å². The fraction of sp³-hybridized carbons (Fsp3) is 0.250. The van der Waals surface area contributed by atoms with Crippen molar-refractivity contribution in [2.45, 2.75) is 26.2 Å². The van der Waals surface area contributed by atoms with Crippen LogP contribution in [-0.2, 0) is 5.41 Å². The Balaban J connectivity index is 2.14. The van der Waals surface area contributed by atoms with Crippen molar-refractivity contribution in [3.05, 3.63) is 65.2 Å². The smallest absolute Gasteiger partial charge is 0.236 e. The summed E-state index contributed by atoms with van der Waals surface area (Å²) in [4.78, 5) is 12.1. The topological polar surface area (TPSA) is 26.3 Å². The molecule has 0 aliphatic rings. The predicted molar refractivity (Wildman–Crippen MR) is 89.3 cm³/mol. The lowest BCUT2D eigenvalue weighted by Crippen LogP contribution is -2.11. The number of hydrogen-bond donors (Lipinski definition) is 0. The fourth-order valence-corrected chi connectivity index (χ4v) is 2.00. The van der Waals surface area contributed by atoms with Crippen LogP contribution in [0, 0.1) is 11.8 Å². The molecule has 2 heteroatoms. The van der Waals surface area contributed by atoms with Gasteiger partial charge < -0.3 is 4.74 Å². The van der Waals surface area contributed by atoms with Crippen molar-refractivity contribution >= 4 is 5.78 Å². The van der Waals surface area contributed by atoms with Gasteiger partial charge in [-0.1, -0.05) is 51.0 Å². The van der Waals surface area contributed by atoms with Crippen LogP contribution < -0.4 is 4.74 Å². The van der Waals surface area contributed by atoms with Crippen molar-refractivity contribution in [3.63, 3.8) is 0 Å². The predicted octanol–water partition coefficient (Wildman–Crippen LogP) is 4.23. The Morgan fingerprint density at radius 1 is 0.955 bits per heavy atom. The lowest BCUT2D eigenvalue weighted by molar-refractivity contribution is 0.105. The molecule has 0 atom stereocenters. The van der Waals surface area contributed by atoms with E-state index >= 15 is 0 Å². The van der Waals surface area contributed by atoms with Crippen molar-refractivity contribution in [1.82, 2.24) is 0 Å². The van der Waals surface area contributed by atoms with Gasteiger partial charge in [-0.25, -0.2) is 0 Å². The van der Waals surface area contributed by atoms with E-state index in [1.807, 2.05) is 48.5 Å². The number of benzene rings is 2. The molecule has 0 N–H and O–H groups in total. The standard InChI is InChI=1S/C20H20O2/c1-20(2,3)17-10-8-16(9-11-17)19(21)14-7-15-5-12-18(22-4)13-6-15/h5-6,8-13H,1-4H3. The molecule has 2 rings (SSSR count). The van der Waals surface area contributed by atoms with E-state index < -0.39 is 0 Å². The fourth-order valence-electron chi connectivity index (χ4n) is 2.00. The number of carbonyl (C=O) groups excluding carboxylic acids is 1. The van der Waals surface area contributed by atoms with Crippen LogP contribution in [0.25, 0.3) is 0 Å². The quantitative estimate of drug-likeness (QED) is 0.611. The van der Waals surface area contributed by atoms with E-state index in [2.05, 4.69) is 32.6 Å². The van der Waals surface area contributed by atoms with Crippen LogP contribution in [0.4, 0.5) is 0 Å². The summed E-state index contributed by atoms with van der Waals surface area (Å²) in [5.41, 5.74) is 2.69. The summed E-state index contributed by atoms with van der Waals surface area (Å²) < 4.78 is 5.09. The summed E-state index contributed by atoms with van der Waals surface area (Å²) in [5.74, 6) is 6.17. The highest BCUT2D eigenvalue weighted by Crippen LogP contribution is 2.22. The summed E-state index contributed by atoms with van der Waals surface area (Å²) in [5, 5.41) is 0. The Morgan fingerprint density at radius 2 is 1.55 bits per heavy atom. The van der Waals surface area contributed by atoms with Gasteiger partial charge in [-0.2, -0.15) is 0 Å². The summed E-state index contributed by atoms with van der Waals surface area (Å²) in [6.07, 6.45) is 0. The highest BCUT2D eigenvalue weighted by atomic mass is 16.5. The minimum Gasteiger partial charge on any atom is -0.497 e. The summed E-state index contributed by atoms with van der Waals surface area (Å²) in [6, 6.07) is 15.0. The zero-order valence-corrected chi connectivity index (χ0v) is 13.4. The van der Waals surface area contributed by atoms with Gasteiger partial charge in [0.25, 0.3) is 0 Å². The summed E-state index contributed by atoms with van der Waals surface area (Å²) >= 11 is 0. The van der Waals surface area contributed by atoms with Crippen molar-refractivity contribution in [2.24, 2.45) is 0 Å². The van der Waals surface area contributed by atoms with Crippen LogP contribution in [0.15, 0.2) is 48.5 Å². The molecular weight excluding hydrogens is 272 g/mol. The van der Waals surface area contributed by atoms with Crippen LogP contribution in [0.1, 0.15) is 42.3 Å². The van der Waals surface area contributed by atoms with E-state index in [0.29, 0.717) is 5.56 Å². The molecule has 0 saturated heterocycles. The highest BCUT2D eigenvalue weighted by Gasteiger charge is 2.13. The third-order valence-electron chi connectivity index (χ3n) is 3.42. The van der Waals surface area contributed by atoms with Crippen molar-refractivity contribution < 1.29 is 9.53 Å². The molecule has 0 fully saturated rings. The SMILES string of the molecule is COc1ccc(C#CC(=O)c2ccc(C(C)(C)C)cc2)cc1. The Morgan fingerprint density at radius 3 is 2.05 bits per heavy atom. The molecule has 2 aromatic rings. The van der Waals surface area contributed by atoms with Gasteiger partial charge in [0, 0.05) is 11.1 Å². The van der Waals surface area contributed by atoms with Gasteiger partial charge in [0.05, 0.1) is 7.11 Å². The van der Waals surface area contributed by atoms with E-state index in [1.165, 1.54) is 5.56 Å². The molecular formula is C20H20O2. The monoisotopic (exact) mass is 292 g/mol. The summed E-state index contributed by atoms with van der Waals surface area (Å²) in [6.45, 7) is 6.44. The third kappa shape index (κ3) is 3.99. The van der Waals surface area contributed by atoms with Crippen molar-refractivity contribution in [2.75, 3.05) is 7.11 Å². The minimum absolute atomic E-state index is 0.0797. The molecule has 0 aliphatic carbocycles. The lowest BCUT2D eigenvalue weighted by atomic mass is 9.86. The number of ether oxygens (including phenoxy) is 1. The first-order valence-corrected chi connectivity index (χ1v) is 7.21. The second-order valence-corrected chi connectivity index (χ2v) is 6.13. The van der Waals surface area contributed by atoms with Gasteiger partial charge in [-0.3, -0.25) is 4.79 Å². The molecule has 0 heterocycles. The maximum Gasteiger partial charge on any atom is 0.236 e. The van der Waals surface area contributed by atoms with Gasteiger partial charge in [-0.05, 0) is 41.2 Å². The number of ketones is 1. The first kappa shape index (κ1) is 15.9. The Hall–Kier alpha value is -2.53. The maximum atomic E-state index is 12.1. The Bertz CT molecular complexity index is 706. The van der Waals surface area contributed by atoms with Gasteiger partial charge in [0.2, 0.25) is 5.78 Å². The minimum atomic E-state index is -0.170. The number of rotatable bonds is 2. The third-order valence-corrected chi connectivity index (χ3v) is 3.42. The molecule has 0 aliphatic heterocycles. The zero-order chi connectivity index (χ0) is 16.2.